The van der Waals surface area contributed by atoms with Gasteiger partial charge in [0.25, 0.3) is 5.91 Å². The second-order valence-electron chi connectivity index (χ2n) is 9.34. The number of anilines is 1. The summed E-state index contributed by atoms with van der Waals surface area (Å²) in [7, 11) is 0. The summed E-state index contributed by atoms with van der Waals surface area (Å²) in [6, 6.07) is 3.67. The third-order valence-corrected chi connectivity index (χ3v) is 5.96. The Hall–Kier alpha value is -3.79. The van der Waals surface area contributed by atoms with Crippen molar-refractivity contribution in [1.29, 1.82) is 0 Å². The van der Waals surface area contributed by atoms with E-state index in [1.165, 1.54) is 24.6 Å². The third kappa shape index (κ3) is 11.7. The predicted molar refractivity (Wildman–Crippen MR) is 163 cm³/mol. The van der Waals surface area contributed by atoms with Crippen LogP contribution in [0.15, 0.2) is 35.6 Å². The number of rotatable bonds is 4. The average Bonchev–Trinajstić information content (AvgIpc) is 3.41. The number of benzene rings is 1. The number of nitrogens with one attached hydrogen (secondary N) is 1. The lowest BCUT2D eigenvalue weighted by Gasteiger charge is -2.35. The van der Waals surface area contributed by atoms with Crippen LogP contribution in [0.4, 0.5) is 27.6 Å². The van der Waals surface area contributed by atoms with Crippen LogP contribution >= 0.6 is 0 Å². The summed E-state index contributed by atoms with van der Waals surface area (Å²) in [4.78, 5) is 23.4. The van der Waals surface area contributed by atoms with Crippen LogP contribution in [0.2, 0.25) is 0 Å². The standard InChI is InChI=1S/C13H11F2N3O2.C11H13F3N2O.C3H8.2C2H6/c1-8-4-9(2-3-10(8)15)18-13(19)11-5-17-12(6-16-11)20-7-14;1-3-10(2)4-6-7(16-9(10)15)5-17-8(6)11(12,13)14;1-3-2;2*1-2/h2-6H,7H2,1H3,(H,18,19);1,6-8H,4-5H2,2H3,(H2,15,16);3H2,1-2H3;2*1-2H3/t;6?,7?,8-,10+;;;/m.1.../s1. The van der Waals surface area contributed by atoms with Crippen molar-refractivity contribution in [3.8, 4) is 18.2 Å². The monoisotopic (exact) mass is 629 g/mol. The lowest BCUT2D eigenvalue weighted by molar-refractivity contribution is -0.217. The van der Waals surface area contributed by atoms with Crippen LogP contribution in [0.5, 0.6) is 5.88 Å². The number of nitrogens with zero attached hydrogens (tertiary/aromatic N) is 3. The number of terminal acetylenes is 1. The molecule has 1 amide bonds. The van der Waals surface area contributed by atoms with Gasteiger partial charge in [0.05, 0.1) is 30.5 Å². The molecular formula is C31H44F5N5O3. The summed E-state index contributed by atoms with van der Waals surface area (Å²) in [6.07, 6.45) is 2.89. The average molecular weight is 630 g/mol. The van der Waals surface area contributed by atoms with Gasteiger partial charge in [-0.2, -0.15) is 13.2 Å². The number of aliphatic imine (C=N–C) groups is 1. The van der Waals surface area contributed by atoms with E-state index in [1.54, 1.807) is 13.8 Å². The Morgan fingerprint density at radius 3 is 2.30 bits per heavy atom. The van der Waals surface area contributed by atoms with Crippen molar-refractivity contribution >= 4 is 17.4 Å². The summed E-state index contributed by atoms with van der Waals surface area (Å²) in [5.41, 5.74) is 5.70. The van der Waals surface area contributed by atoms with Crippen LogP contribution in [0.25, 0.3) is 0 Å². The second-order valence-corrected chi connectivity index (χ2v) is 9.34. The number of amidine groups is 1. The van der Waals surface area contributed by atoms with Crippen molar-refractivity contribution in [2.45, 2.75) is 86.6 Å². The molecule has 1 aromatic heterocycles. The Morgan fingerprint density at radius 1 is 1.20 bits per heavy atom. The fourth-order valence-electron chi connectivity index (χ4n) is 3.88. The molecule has 2 aromatic rings. The maximum Gasteiger partial charge on any atom is 0.414 e. The summed E-state index contributed by atoms with van der Waals surface area (Å²) in [6.45, 7) is 14.4. The van der Waals surface area contributed by atoms with Crippen molar-refractivity contribution in [2.24, 2.45) is 22.1 Å². The van der Waals surface area contributed by atoms with Gasteiger partial charge in [0, 0.05) is 11.6 Å². The number of carbonyl (C=O) groups is 1. The van der Waals surface area contributed by atoms with Crippen molar-refractivity contribution < 1.29 is 36.2 Å². The second kappa shape index (κ2) is 19.5. The van der Waals surface area contributed by atoms with Crippen molar-refractivity contribution in [1.82, 2.24) is 9.97 Å². The number of carbonyl (C=O) groups excluding carboxylic acids is 1. The number of halogens is 5. The molecule has 0 radical (unpaired) electrons. The summed E-state index contributed by atoms with van der Waals surface area (Å²) in [5.74, 6) is 1.06. The van der Waals surface area contributed by atoms with Crippen molar-refractivity contribution in [2.75, 3.05) is 18.8 Å². The largest absolute Gasteiger partial charge is 0.445 e. The molecule has 44 heavy (non-hydrogen) atoms. The number of hydrogen-bond donors (Lipinski definition) is 2. The van der Waals surface area contributed by atoms with Gasteiger partial charge in [-0.1, -0.05) is 53.9 Å². The van der Waals surface area contributed by atoms with Crippen LogP contribution in [0.3, 0.4) is 0 Å². The van der Waals surface area contributed by atoms with E-state index in [0.717, 1.165) is 12.4 Å². The molecule has 1 aromatic carbocycles. The number of fused-ring (bicyclic) bond motifs is 1. The minimum absolute atomic E-state index is 0.0123. The molecule has 2 unspecified atom stereocenters. The first-order valence-electron chi connectivity index (χ1n) is 14.4. The lowest BCUT2D eigenvalue weighted by atomic mass is 9.74. The number of aryl methyl sites for hydroxylation is 1. The Balaban J connectivity index is 0.000000704. The van der Waals surface area contributed by atoms with E-state index in [0.29, 0.717) is 11.3 Å². The van der Waals surface area contributed by atoms with E-state index in [2.05, 4.69) is 44.8 Å². The highest BCUT2D eigenvalue weighted by molar-refractivity contribution is 6.02. The van der Waals surface area contributed by atoms with Crippen LogP contribution in [-0.2, 0) is 4.74 Å². The van der Waals surface area contributed by atoms with Gasteiger partial charge in [-0.05, 0) is 44.0 Å². The van der Waals surface area contributed by atoms with E-state index < -0.39 is 42.4 Å². The minimum Gasteiger partial charge on any atom is -0.445 e. The maximum absolute atomic E-state index is 13.1. The molecule has 8 nitrogen and oxygen atoms in total. The van der Waals surface area contributed by atoms with Gasteiger partial charge < -0.3 is 20.5 Å². The number of nitrogens with two attached hydrogens (primary N) is 1. The zero-order valence-corrected chi connectivity index (χ0v) is 26.6. The molecule has 0 aliphatic carbocycles. The van der Waals surface area contributed by atoms with Gasteiger partial charge in [-0.3, -0.25) is 9.79 Å². The molecule has 0 saturated carbocycles. The first kappa shape index (κ1) is 40.2. The molecule has 4 atom stereocenters. The molecule has 1 fully saturated rings. The van der Waals surface area contributed by atoms with E-state index in [9.17, 15) is 26.7 Å². The van der Waals surface area contributed by atoms with Crippen molar-refractivity contribution in [3.63, 3.8) is 0 Å². The molecule has 2 aliphatic rings. The fourth-order valence-corrected chi connectivity index (χ4v) is 3.88. The molecule has 0 bridgehead atoms. The highest BCUT2D eigenvalue weighted by Gasteiger charge is 2.56. The molecule has 4 rings (SSSR count). The van der Waals surface area contributed by atoms with E-state index in [4.69, 9.17) is 16.9 Å². The number of ether oxygens (including phenoxy) is 2. The molecule has 3 heterocycles. The fraction of sp³-hybridized carbons (Fsp3) is 0.548. The summed E-state index contributed by atoms with van der Waals surface area (Å²) >= 11 is 0. The Morgan fingerprint density at radius 2 is 1.82 bits per heavy atom. The SMILES string of the molecule is C#C[C@@]1(C)CC2C(CO[C@H]2C(F)(F)F)N=C1N.CC.CC.CCC.Cc1cc(NC(=O)c2cnc(OCF)cn2)ccc1F. The van der Waals surface area contributed by atoms with E-state index in [1.807, 2.05) is 27.7 Å². The van der Waals surface area contributed by atoms with Gasteiger partial charge in [0.1, 0.15) is 17.3 Å². The molecule has 1 saturated heterocycles. The topological polar surface area (TPSA) is 112 Å². The molecule has 246 valence electrons. The molecule has 3 N–H and O–H groups in total. The normalized spacial score (nSPS) is 21.4. The molecular weight excluding hydrogens is 585 g/mol. The number of aromatic nitrogens is 2. The van der Waals surface area contributed by atoms with Crippen LogP contribution in [0.1, 0.15) is 77.4 Å². The number of amides is 1. The van der Waals surface area contributed by atoms with Gasteiger partial charge in [0.2, 0.25) is 12.7 Å². The lowest BCUT2D eigenvalue weighted by Crippen LogP contribution is -2.47. The van der Waals surface area contributed by atoms with Crippen LogP contribution < -0.4 is 15.8 Å². The smallest absolute Gasteiger partial charge is 0.414 e. The van der Waals surface area contributed by atoms with Gasteiger partial charge >= 0.3 is 6.18 Å². The minimum atomic E-state index is -4.38. The zero-order chi connectivity index (χ0) is 34.1. The Kier molecular flexibility index (Phi) is 17.8. The molecule has 2 aliphatic heterocycles. The number of alkyl halides is 4. The van der Waals surface area contributed by atoms with E-state index in [-0.39, 0.29) is 36.3 Å². The first-order chi connectivity index (χ1) is 20.8. The third-order valence-electron chi connectivity index (χ3n) is 5.96. The van der Waals surface area contributed by atoms with Gasteiger partial charge in [-0.25, -0.2) is 18.7 Å². The maximum atomic E-state index is 13.1. The Labute approximate surface area is 257 Å². The highest BCUT2D eigenvalue weighted by Crippen LogP contribution is 2.44. The van der Waals surface area contributed by atoms with Gasteiger partial charge in [0.15, 0.2) is 6.10 Å². The van der Waals surface area contributed by atoms with Gasteiger partial charge in [-0.15, -0.1) is 6.42 Å². The predicted octanol–water partition coefficient (Wildman–Crippen LogP) is 7.28. The van der Waals surface area contributed by atoms with Crippen LogP contribution in [-0.4, -0.2) is 53.5 Å². The Bertz CT molecular complexity index is 1220. The first-order valence-corrected chi connectivity index (χ1v) is 14.4. The van der Waals surface area contributed by atoms with E-state index >= 15 is 0 Å². The summed E-state index contributed by atoms with van der Waals surface area (Å²) in [5, 5.41) is 2.55. The highest BCUT2D eigenvalue weighted by atomic mass is 19.4. The van der Waals surface area contributed by atoms with Crippen LogP contribution in [0, 0.1) is 36.4 Å². The summed E-state index contributed by atoms with van der Waals surface area (Å²) < 4.78 is 72.4. The molecule has 13 heteroatoms. The zero-order valence-electron chi connectivity index (χ0n) is 26.6. The van der Waals surface area contributed by atoms with Crippen molar-refractivity contribution in [3.05, 3.63) is 47.7 Å². The quantitative estimate of drug-likeness (QED) is 0.272. The molecule has 0 spiro atoms. The number of hydrogen-bond acceptors (Lipinski definition) is 7.